The first-order valence-corrected chi connectivity index (χ1v) is 10.7. The summed E-state index contributed by atoms with van der Waals surface area (Å²) in [6.07, 6.45) is 0. The minimum absolute atomic E-state index is 0.110. The fourth-order valence-corrected chi connectivity index (χ4v) is 4.15. The number of aromatic nitrogens is 4. The number of aromatic amines is 2. The van der Waals surface area contributed by atoms with E-state index in [2.05, 4.69) is 19.9 Å². The fourth-order valence-electron chi connectivity index (χ4n) is 2.92. The highest BCUT2D eigenvalue weighted by Gasteiger charge is 2.35. The van der Waals surface area contributed by atoms with Gasteiger partial charge in [0.1, 0.15) is 0 Å². The number of rotatable bonds is 6. The van der Waals surface area contributed by atoms with Crippen LogP contribution in [0.25, 0.3) is 0 Å². The molecule has 2 aromatic rings. The smallest absolute Gasteiger partial charge is 0.327 e. The summed E-state index contributed by atoms with van der Waals surface area (Å²) in [6.45, 7) is 16.3. The molecule has 0 amide bonds. The van der Waals surface area contributed by atoms with E-state index in [-0.39, 0.29) is 34.8 Å². The lowest BCUT2D eigenvalue weighted by Crippen LogP contribution is -2.22. The van der Waals surface area contributed by atoms with Crippen LogP contribution in [0.1, 0.15) is 102 Å². The molecule has 0 spiro atoms. The SMILES string of the molecule is CC(C)c1nc(P(=O)(O)c2nc(C(C)C)c(C(C)C)[nH]2)[nH]c1C(C)C. The molecule has 0 aliphatic carbocycles. The van der Waals surface area contributed by atoms with Crippen LogP contribution in [0.4, 0.5) is 0 Å². The van der Waals surface area contributed by atoms with Gasteiger partial charge in [0.15, 0.2) is 0 Å². The molecule has 0 atom stereocenters. The van der Waals surface area contributed by atoms with E-state index in [1.54, 1.807) is 0 Å². The van der Waals surface area contributed by atoms with Crippen molar-refractivity contribution in [2.24, 2.45) is 0 Å². The standard InChI is InChI=1S/C18H31N4O2P/c1-9(2)13-14(10(3)4)20-17(19-13)25(23,24)18-21-15(11(5)6)16(22-18)12(7)8/h9-12H,1-8H3,(H,19,20)(H,21,22)(H,23,24). The molecule has 0 fully saturated rings. The Bertz CT molecular complexity index is 674. The van der Waals surface area contributed by atoms with Gasteiger partial charge in [0, 0.05) is 11.4 Å². The number of hydrogen-bond acceptors (Lipinski definition) is 3. The maximum Gasteiger partial charge on any atom is 0.327 e. The van der Waals surface area contributed by atoms with Gasteiger partial charge in [-0.05, 0) is 23.7 Å². The number of hydrogen-bond donors (Lipinski definition) is 3. The van der Waals surface area contributed by atoms with Crippen LogP contribution in [0.3, 0.4) is 0 Å². The third-order valence-electron chi connectivity index (χ3n) is 4.32. The Morgan fingerprint density at radius 2 is 1.04 bits per heavy atom. The van der Waals surface area contributed by atoms with E-state index in [1.165, 1.54) is 0 Å². The van der Waals surface area contributed by atoms with Crippen LogP contribution in [-0.4, -0.2) is 24.8 Å². The molecule has 6 nitrogen and oxygen atoms in total. The summed E-state index contributed by atoms with van der Waals surface area (Å²) in [6, 6.07) is 0. The van der Waals surface area contributed by atoms with Crippen LogP contribution < -0.4 is 11.1 Å². The molecule has 0 bridgehead atoms. The predicted octanol–water partition coefficient (Wildman–Crippen LogP) is 3.85. The second kappa shape index (κ2) is 7.08. The zero-order chi connectivity index (χ0) is 19.1. The topological polar surface area (TPSA) is 94.7 Å². The van der Waals surface area contributed by atoms with Crippen molar-refractivity contribution in [1.82, 2.24) is 19.9 Å². The van der Waals surface area contributed by atoms with Crippen LogP contribution in [0, 0.1) is 0 Å². The number of nitrogens with zero attached hydrogens (tertiary/aromatic N) is 2. The van der Waals surface area contributed by atoms with Crippen molar-refractivity contribution in [2.45, 2.75) is 79.1 Å². The van der Waals surface area contributed by atoms with Crippen LogP contribution >= 0.6 is 7.37 Å². The van der Waals surface area contributed by atoms with Crippen molar-refractivity contribution in [1.29, 1.82) is 0 Å². The maximum absolute atomic E-state index is 13.2. The Hall–Kier alpha value is -1.39. The Morgan fingerprint density at radius 3 is 1.24 bits per heavy atom. The van der Waals surface area contributed by atoms with E-state index in [0.717, 1.165) is 22.8 Å². The molecule has 3 N–H and O–H groups in total. The van der Waals surface area contributed by atoms with Gasteiger partial charge in [-0.1, -0.05) is 55.4 Å². The molecule has 2 heterocycles. The zero-order valence-corrected chi connectivity index (χ0v) is 17.4. The molecular formula is C18H31N4O2P. The molecule has 0 radical (unpaired) electrons. The van der Waals surface area contributed by atoms with Gasteiger partial charge >= 0.3 is 7.37 Å². The van der Waals surface area contributed by atoms with Crippen molar-refractivity contribution in [3.8, 4) is 0 Å². The quantitative estimate of drug-likeness (QED) is 0.677. The second-order valence-electron chi connectivity index (χ2n) is 7.91. The van der Waals surface area contributed by atoms with Gasteiger partial charge in [-0.25, -0.2) is 9.97 Å². The largest absolute Gasteiger partial charge is 0.337 e. The summed E-state index contributed by atoms with van der Waals surface area (Å²) in [4.78, 5) is 26.0. The summed E-state index contributed by atoms with van der Waals surface area (Å²) < 4.78 is 13.2. The minimum Gasteiger partial charge on any atom is -0.337 e. The van der Waals surface area contributed by atoms with Crippen LogP contribution in [0.15, 0.2) is 0 Å². The molecule has 2 rings (SSSR count). The number of imidazole rings is 2. The first kappa shape index (κ1) is 19.9. The highest BCUT2D eigenvalue weighted by molar-refractivity contribution is 7.72. The van der Waals surface area contributed by atoms with Crippen LogP contribution in [-0.2, 0) is 4.57 Å². The minimum atomic E-state index is -3.90. The molecule has 2 aromatic heterocycles. The number of H-pyrrole nitrogens is 2. The van der Waals surface area contributed by atoms with Gasteiger partial charge in [0.2, 0.25) is 11.1 Å². The van der Waals surface area contributed by atoms with Gasteiger partial charge < -0.3 is 14.9 Å². The van der Waals surface area contributed by atoms with Crippen molar-refractivity contribution in [3.63, 3.8) is 0 Å². The molecule has 0 unspecified atom stereocenters. The van der Waals surface area contributed by atoms with E-state index >= 15 is 0 Å². The third-order valence-corrected chi connectivity index (χ3v) is 5.89. The Balaban J connectivity index is 2.58. The molecule has 0 aliphatic rings. The van der Waals surface area contributed by atoms with Gasteiger partial charge in [0.25, 0.3) is 0 Å². The van der Waals surface area contributed by atoms with Crippen molar-refractivity contribution >= 4 is 18.5 Å². The van der Waals surface area contributed by atoms with E-state index in [0.29, 0.717) is 0 Å². The van der Waals surface area contributed by atoms with E-state index < -0.39 is 7.37 Å². The average molecular weight is 366 g/mol. The van der Waals surface area contributed by atoms with Gasteiger partial charge in [-0.2, -0.15) is 0 Å². The first-order chi connectivity index (χ1) is 11.5. The molecule has 25 heavy (non-hydrogen) atoms. The monoisotopic (exact) mass is 366 g/mol. The van der Waals surface area contributed by atoms with Crippen molar-refractivity contribution in [3.05, 3.63) is 22.8 Å². The predicted molar refractivity (Wildman–Crippen MR) is 103 cm³/mol. The Labute approximate surface area is 150 Å². The van der Waals surface area contributed by atoms with E-state index in [4.69, 9.17) is 0 Å². The van der Waals surface area contributed by atoms with Gasteiger partial charge in [0.05, 0.1) is 11.4 Å². The van der Waals surface area contributed by atoms with Gasteiger partial charge in [-0.15, -0.1) is 0 Å². The summed E-state index contributed by atoms with van der Waals surface area (Å²) in [5.41, 5.74) is 3.74. The normalized spacial score (nSPS) is 13.0. The first-order valence-electron chi connectivity index (χ1n) is 9.00. The average Bonchev–Trinajstić information content (AvgIpc) is 3.12. The van der Waals surface area contributed by atoms with Crippen molar-refractivity contribution in [2.75, 3.05) is 0 Å². The molecular weight excluding hydrogens is 335 g/mol. The third kappa shape index (κ3) is 3.75. The lowest BCUT2D eigenvalue weighted by atomic mass is 10.0. The molecule has 140 valence electrons. The van der Waals surface area contributed by atoms with Crippen LogP contribution in [0.5, 0.6) is 0 Å². The lowest BCUT2D eigenvalue weighted by molar-refractivity contribution is 0.497. The summed E-state index contributed by atoms with van der Waals surface area (Å²) in [5.74, 6) is 0.758. The van der Waals surface area contributed by atoms with Gasteiger partial charge in [-0.3, -0.25) is 4.57 Å². The van der Waals surface area contributed by atoms with Crippen LogP contribution in [0.2, 0.25) is 0 Å². The molecule has 0 aromatic carbocycles. The van der Waals surface area contributed by atoms with Crippen molar-refractivity contribution < 1.29 is 9.46 Å². The van der Waals surface area contributed by atoms with E-state index in [1.807, 2.05) is 55.4 Å². The maximum atomic E-state index is 13.2. The fraction of sp³-hybridized carbons (Fsp3) is 0.667. The lowest BCUT2D eigenvalue weighted by Gasteiger charge is -2.07. The summed E-state index contributed by atoms with van der Waals surface area (Å²) >= 11 is 0. The molecule has 7 heteroatoms. The highest BCUT2D eigenvalue weighted by atomic mass is 31.2. The summed E-state index contributed by atoms with van der Waals surface area (Å²) in [7, 11) is -3.90. The molecule has 0 saturated heterocycles. The Morgan fingerprint density at radius 1 is 0.720 bits per heavy atom. The summed E-state index contributed by atoms with van der Waals surface area (Å²) in [5, 5.41) is 0. The highest BCUT2D eigenvalue weighted by Crippen LogP contribution is 2.38. The molecule has 0 aliphatic heterocycles. The zero-order valence-electron chi connectivity index (χ0n) is 16.5. The van der Waals surface area contributed by atoms with E-state index in [9.17, 15) is 9.46 Å². The molecule has 0 saturated carbocycles. The number of nitrogens with one attached hydrogen (secondary N) is 2. The second-order valence-corrected chi connectivity index (χ2v) is 9.91. The Kier molecular flexibility index (Phi) is 5.65.